The molecule has 1 aromatic heterocycles. The molecule has 2 aromatic rings. The van der Waals surface area contributed by atoms with Crippen LogP contribution in [0.4, 0.5) is 5.69 Å². The quantitative estimate of drug-likeness (QED) is 0.932. The Hall–Kier alpha value is -1.52. The van der Waals surface area contributed by atoms with Crippen molar-refractivity contribution in [1.82, 2.24) is 5.16 Å². The van der Waals surface area contributed by atoms with Gasteiger partial charge in [0.25, 0.3) is 0 Å². The van der Waals surface area contributed by atoms with Gasteiger partial charge in [0, 0.05) is 11.8 Å². The zero-order valence-electron chi connectivity index (χ0n) is 8.61. The maximum atomic E-state index is 11.6. The summed E-state index contributed by atoms with van der Waals surface area (Å²) in [5.41, 5.74) is 1.16. The van der Waals surface area contributed by atoms with Gasteiger partial charge in [-0.1, -0.05) is 28.4 Å². The van der Waals surface area contributed by atoms with E-state index in [-0.39, 0.29) is 12.3 Å². The number of amides is 1. The number of carbonyl (C=O) groups is 1. The van der Waals surface area contributed by atoms with Crippen LogP contribution in [-0.2, 0) is 11.2 Å². The van der Waals surface area contributed by atoms with Crippen molar-refractivity contribution >= 4 is 34.8 Å². The van der Waals surface area contributed by atoms with Gasteiger partial charge < -0.3 is 9.84 Å². The number of anilines is 1. The topological polar surface area (TPSA) is 55.1 Å². The summed E-state index contributed by atoms with van der Waals surface area (Å²) in [5.74, 6) is -0.197. The fourth-order valence-electron chi connectivity index (χ4n) is 1.27. The van der Waals surface area contributed by atoms with Crippen LogP contribution >= 0.6 is 23.2 Å². The lowest BCUT2D eigenvalue weighted by Gasteiger charge is -2.04. The second-order valence-corrected chi connectivity index (χ2v) is 4.16. The van der Waals surface area contributed by atoms with Gasteiger partial charge in [0.2, 0.25) is 5.91 Å². The number of hydrogen-bond donors (Lipinski definition) is 1. The minimum Gasteiger partial charge on any atom is -0.364 e. The van der Waals surface area contributed by atoms with Crippen LogP contribution in [0, 0.1) is 0 Å². The Labute approximate surface area is 108 Å². The summed E-state index contributed by atoms with van der Waals surface area (Å²) in [4.78, 5) is 11.6. The molecule has 0 spiro atoms. The summed E-state index contributed by atoms with van der Waals surface area (Å²) in [6.07, 6.45) is 1.57. The van der Waals surface area contributed by atoms with Gasteiger partial charge in [-0.25, -0.2) is 0 Å². The van der Waals surface area contributed by atoms with Gasteiger partial charge in [0.05, 0.1) is 22.2 Å². The molecule has 0 fully saturated rings. The molecule has 0 aliphatic carbocycles. The Morgan fingerprint density at radius 1 is 1.29 bits per heavy atom. The average molecular weight is 271 g/mol. The van der Waals surface area contributed by atoms with E-state index >= 15 is 0 Å². The van der Waals surface area contributed by atoms with Gasteiger partial charge in [-0.05, 0) is 18.2 Å². The molecule has 0 unspecified atom stereocenters. The van der Waals surface area contributed by atoms with E-state index in [4.69, 9.17) is 23.2 Å². The summed E-state index contributed by atoms with van der Waals surface area (Å²) in [5, 5.41) is 7.17. The lowest BCUT2D eigenvalue weighted by Crippen LogP contribution is -2.14. The maximum absolute atomic E-state index is 11.6. The highest BCUT2D eigenvalue weighted by Crippen LogP contribution is 2.24. The van der Waals surface area contributed by atoms with Crippen LogP contribution < -0.4 is 5.32 Å². The molecule has 2 rings (SSSR count). The van der Waals surface area contributed by atoms with E-state index < -0.39 is 0 Å². The third-order valence-corrected chi connectivity index (χ3v) is 2.78. The molecule has 1 amide bonds. The van der Waals surface area contributed by atoms with E-state index in [2.05, 4.69) is 15.0 Å². The first-order chi connectivity index (χ1) is 8.15. The first-order valence-electron chi connectivity index (χ1n) is 4.79. The summed E-state index contributed by atoms with van der Waals surface area (Å²) >= 11 is 11.6. The molecule has 1 N–H and O–H groups in total. The Kier molecular flexibility index (Phi) is 3.66. The van der Waals surface area contributed by atoms with E-state index in [1.165, 1.54) is 6.26 Å². The highest BCUT2D eigenvalue weighted by atomic mass is 35.5. The Morgan fingerprint density at radius 3 is 2.76 bits per heavy atom. The molecule has 1 aromatic carbocycles. The molecule has 17 heavy (non-hydrogen) atoms. The van der Waals surface area contributed by atoms with Gasteiger partial charge in [0.1, 0.15) is 6.26 Å². The smallest absolute Gasteiger partial charge is 0.230 e. The van der Waals surface area contributed by atoms with E-state index in [1.807, 2.05) is 0 Å². The van der Waals surface area contributed by atoms with Crippen molar-refractivity contribution in [2.45, 2.75) is 6.42 Å². The maximum Gasteiger partial charge on any atom is 0.230 e. The number of benzene rings is 1. The van der Waals surface area contributed by atoms with E-state index in [1.54, 1.807) is 24.3 Å². The summed E-state index contributed by atoms with van der Waals surface area (Å²) in [7, 11) is 0. The average Bonchev–Trinajstić information content (AvgIpc) is 2.76. The van der Waals surface area contributed by atoms with Crippen molar-refractivity contribution in [3.8, 4) is 0 Å². The molecule has 0 radical (unpaired) electrons. The minimum absolute atomic E-state index is 0.150. The molecule has 0 aliphatic heterocycles. The third-order valence-electron chi connectivity index (χ3n) is 2.04. The Morgan fingerprint density at radius 2 is 2.12 bits per heavy atom. The van der Waals surface area contributed by atoms with Gasteiger partial charge in [-0.3, -0.25) is 4.79 Å². The van der Waals surface area contributed by atoms with E-state index in [9.17, 15) is 4.79 Å². The van der Waals surface area contributed by atoms with Gasteiger partial charge >= 0.3 is 0 Å². The van der Waals surface area contributed by atoms with Crippen molar-refractivity contribution in [1.29, 1.82) is 0 Å². The molecule has 0 bridgehead atoms. The summed E-state index contributed by atoms with van der Waals surface area (Å²) in [6, 6.07) is 6.52. The molecule has 0 atom stereocenters. The number of aromatic nitrogens is 1. The molecular formula is C11H8Cl2N2O2. The molecule has 88 valence electrons. The lowest BCUT2D eigenvalue weighted by atomic mass is 10.2. The van der Waals surface area contributed by atoms with Gasteiger partial charge in [-0.2, -0.15) is 0 Å². The summed E-state index contributed by atoms with van der Waals surface area (Å²) < 4.78 is 4.63. The molecule has 0 aliphatic rings. The first-order valence-corrected chi connectivity index (χ1v) is 5.55. The van der Waals surface area contributed by atoms with Crippen molar-refractivity contribution in [2.75, 3.05) is 5.32 Å². The highest BCUT2D eigenvalue weighted by Gasteiger charge is 2.07. The van der Waals surface area contributed by atoms with Crippen LogP contribution in [-0.4, -0.2) is 11.1 Å². The molecule has 0 saturated heterocycles. The van der Waals surface area contributed by atoms with Gasteiger partial charge in [0.15, 0.2) is 0 Å². The molecular weight excluding hydrogens is 263 g/mol. The zero-order chi connectivity index (χ0) is 12.3. The number of nitrogens with zero attached hydrogens (tertiary/aromatic N) is 1. The fourth-order valence-corrected chi connectivity index (χ4v) is 1.57. The minimum atomic E-state index is -0.197. The predicted octanol–water partition coefficient (Wildman–Crippen LogP) is 3.16. The lowest BCUT2D eigenvalue weighted by molar-refractivity contribution is -0.115. The Balaban J connectivity index is 2.00. The molecule has 1 heterocycles. The normalized spacial score (nSPS) is 10.2. The van der Waals surface area contributed by atoms with E-state index in [0.717, 1.165) is 0 Å². The van der Waals surface area contributed by atoms with Crippen molar-refractivity contribution < 1.29 is 9.32 Å². The SMILES string of the molecule is O=C(Cc1ccon1)Nc1ccc(Cl)c(Cl)c1. The second-order valence-electron chi connectivity index (χ2n) is 3.34. The Bertz CT molecular complexity index is 526. The molecule has 4 nitrogen and oxygen atoms in total. The number of carbonyl (C=O) groups excluding carboxylic acids is 1. The van der Waals surface area contributed by atoms with Gasteiger partial charge in [-0.15, -0.1) is 0 Å². The monoisotopic (exact) mass is 270 g/mol. The van der Waals surface area contributed by atoms with Crippen LogP contribution in [0.1, 0.15) is 5.69 Å². The molecule has 6 heteroatoms. The molecule has 0 saturated carbocycles. The van der Waals surface area contributed by atoms with Crippen molar-refractivity contribution in [3.63, 3.8) is 0 Å². The van der Waals surface area contributed by atoms with Crippen molar-refractivity contribution in [2.24, 2.45) is 0 Å². The fraction of sp³-hybridized carbons (Fsp3) is 0.0909. The van der Waals surface area contributed by atoms with Crippen LogP contribution in [0.25, 0.3) is 0 Å². The largest absolute Gasteiger partial charge is 0.364 e. The zero-order valence-corrected chi connectivity index (χ0v) is 10.1. The summed E-state index contributed by atoms with van der Waals surface area (Å²) in [6.45, 7) is 0. The standard InChI is InChI=1S/C11H8Cl2N2O2/c12-9-2-1-7(5-10(9)13)14-11(16)6-8-3-4-17-15-8/h1-5H,6H2,(H,14,16). The van der Waals surface area contributed by atoms with Crippen LogP contribution in [0.2, 0.25) is 10.0 Å². The van der Waals surface area contributed by atoms with Crippen LogP contribution in [0.15, 0.2) is 35.1 Å². The second kappa shape index (κ2) is 5.21. The number of nitrogens with one attached hydrogen (secondary N) is 1. The van der Waals surface area contributed by atoms with Crippen molar-refractivity contribution in [3.05, 3.63) is 46.3 Å². The highest BCUT2D eigenvalue weighted by molar-refractivity contribution is 6.42. The number of halogens is 2. The van der Waals surface area contributed by atoms with E-state index in [0.29, 0.717) is 21.4 Å². The van der Waals surface area contributed by atoms with Crippen LogP contribution in [0.5, 0.6) is 0 Å². The number of hydrogen-bond acceptors (Lipinski definition) is 3. The third kappa shape index (κ3) is 3.22. The predicted molar refractivity (Wildman–Crippen MR) is 65.3 cm³/mol. The van der Waals surface area contributed by atoms with Crippen LogP contribution in [0.3, 0.4) is 0 Å². The first kappa shape index (κ1) is 12.0. The number of rotatable bonds is 3.